The van der Waals surface area contributed by atoms with Crippen molar-refractivity contribution in [2.24, 2.45) is 0 Å². The van der Waals surface area contributed by atoms with Crippen LogP contribution in [-0.4, -0.2) is 31.6 Å². The van der Waals surface area contributed by atoms with E-state index in [2.05, 4.69) is 27.0 Å². The lowest BCUT2D eigenvalue weighted by Crippen LogP contribution is -2.36. The number of hydrogen-bond acceptors (Lipinski definition) is 5. The summed E-state index contributed by atoms with van der Waals surface area (Å²) in [5.74, 6) is 0.853. The number of aliphatic hydroxyl groups excluding tert-OH is 1. The first kappa shape index (κ1) is 15.4. The van der Waals surface area contributed by atoms with Gasteiger partial charge in [-0.1, -0.05) is 0 Å². The van der Waals surface area contributed by atoms with E-state index in [1.807, 2.05) is 29.1 Å². The average molecular weight is 348 g/mol. The minimum Gasteiger partial charge on any atom is -0.472 e. The van der Waals surface area contributed by atoms with E-state index >= 15 is 0 Å². The summed E-state index contributed by atoms with van der Waals surface area (Å²) in [6.07, 6.45) is 14.2. The molecule has 2 aromatic rings. The second kappa shape index (κ2) is 6.14. The Labute approximate surface area is 151 Å². The number of imidazole rings is 1. The molecule has 1 saturated carbocycles. The molecule has 5 rings (SSSR count). The molecule has 0 atom stereocenters. The van der Waals surface area contributed by atoms with Crippen LogP contribution in [0.15, 0.2) is 59.9 Å². The predicted octanol–water partition coefficient (Wildman–Crippen LogP) is 3.87. The van der Waals surface area contributed by atoms with Crippen molar-refractivity contribution in [3.8, 4) is 11.1 Å². The number of fused-ring (bicyclic) bond motifs is 2. The molecular weight excluding hydrogens is 328 g/mol. The quantitative estimate of drug-likeness (QED) is 0.609. The van der Waals surface area contributed by atoms with Crippen molar-refractivity contribution in [1.29, 1.82) is 0 Å². The number of nitrogens with zero attached hydrogens (tertiary/aromatic N) is 4. The summed E-state index contributed by atoms with van der Waals surface area (Å²) in [5.41, 5.74) is 4.14. The monoisotopic (exact) mass is 348 g/mol. The van der Waals surface area contributed by atoms with Crippen molar-refractivity contribution in [2.75, 3.05) is 4.90 Å². The summed E-state index contributed by atoms with van der Waals surface area (Å²) in [6.45, 7) is 0. The fourth-order valence-electron chi connectivity index (χ4n) is 3.97. The smallest absolute Gasteiger partial charge is 0.180 e. The predicted molar refractivity (Wildman–Crippen MR) is 98.7 cm³/mol. The Morgan fingerprint density at radius 3 is 2.62 bits per heavy atom. The largest absolute Gasteiger partial charge is 0.472 e. The molecular formula is C20H20N4O2. The van der Waals surface area contributed by atoms with Crippen molar-refractivity contribution in [1.82, 2.24) is 14.4 Å². The van der Waals surface area contributed by atoms with E-state index in [1.165, 1.54) is 0 Å². The molecule has 1 N–H and O–H groups in total. The van der Waals surface area contributed by atoms with E-state index < -0.39 is 0 Å². The maximum atomic E-state index is 9.94. The standard InChI is InChI=1S/C20H20N4O2/c25-18-3-1-16(2-4-18)24(17-11-14-5-10-26-13-15(14)12-17)20-19-21-6-8-23(19)9-7-22-20/h5-13,16,18,25H,1-4H2. The Bertz CT molecular complexity index is 970. The zero-order valence-corrected chi connectivity index (χ0v) is 14.3. The zero-order chi connectivity index (χ0) is 17.5. The van der Waals surface area contributed by atoms with E-state index in [1.54, 1.807) is 18.7 Å². The second-order valence-electron chi connectivity index (χ2n) is 6.92. The summed E-state index contributed by atoms with van der Waals surface area (Å²) in [6, 6.07) is 6.57. The molecule has 6 heteroatoms. The van der Waals surface area contributed by atoms with Crippen LogP contribution in [0, 0.1) is 0 Å². The average Bonchev–Trinajstić information content (AvgIpc) is 3.30. The van der Waals surface area contributed by atoms with Crippen LogP contribution >= 0.6 is 0 Å². The van der Waals surface area contributed by atoms with Gasteiger partial charge >= 0.3 is 0 Å². The van der Waals surface area contributed by atoms with Crippen LogP contribution < -0.4 is 4.90 Å². The molecule has 0 unspecified atom stereocenters. The van der Waals surface area contributed by atoms with Crippen LogP contribution in [0.1, 0.15) is 25.7 Å². The Morgan fingerprint density at radius 2 is 1.81 bits per heavy atom. The fourth-order valence-corrected chi connectivity index (χ4v) is 3.97. The van der Waals surface area contributed by atoms with Crippen molar-refractivity contribution < 1.29 is 9.52 Å². The molecule has 6 nitrogen and oxygen atoms in total. The van der Waals surface area contributed by atoms with E-state index in [0.29, 0.717) is 0 Å². The van der Waals surface area contributed by atoms with E-state index in [-0.39, 0.29) is 12.1 Å². The highest BCUT2D eigenvalue weighted by Gasteiger charge is 2.29. The number of hydrogen-bond donors (Lipinski definition) is 1. The van der Waals surface area contributed by atoms with Crippen LogP contribution in [0.3, 0.4) is 0 Å². The first-order valence-corrected chi connectivity index (χ1v) is 9.00. The second-order valence-corrected chi connectivity index (χ2v) is 6.92. The van der Waals surface area contributed by atoms with Gasteiger partial charge in [-0.25, -0.2) is 9.97 Å². The topological polar surface area (TPSA) is 66.8 Å². The van der Waals surface area contributed by atoms with Crippen LogP contribution in [0.4, 0.5) is 11.5 Å². The SMILES string of the molecule is OC1CCC(N(c2cc3ccocc-3c2)c2nccn3ccnc23)CC1. The van der Waals surface area contributed by atoms with Crippen LogP contribution in [0.2, 0.25) is 0 Å². The summed E-state index contributed by atoms with van der Waals surface area (Å²) >= 11 is 0. The highest BCUT2D eigenvalue weighted by Crippen LogP contribution is 2.39. The van der Waals surface area contributed by atoms with Crippen LogP contribution in [0.25, 0.3) is 16.8 Å². The third-order valence-electron chi connectivity index (χ3n) is 5.29. The molecule has 2 aromatic heterocycles. The molecule has 0 radical (unpaired) electrons. The first-order valence-electron chi connectivity index (χ1n) is 9.00. The zero-order valence-electron chi connectivity index (χ0n) is 14.3. The van der Waals surface area contributed by atoms with Gasteiger partial charge in [0.05, 0.1) is 18.6 Å². The Kier molecular flexibility index (Phi) is 3.64. The normalized spacial score (nSPS) is 20.7. The number of aliphatic hydroxyl groups is 1. The van der Waals surface area contributed by atoms with Crippen LogP contribution in [0.5, 0.6) is 0 Å². The Balaban J connectivity index is 1.66. The highest BCUT2D eigenvalue weighted by atomic mass is 16.3. The molecule has 3 aliphatic rings. The lowest BCUT2D eigenvalue weighted by molar-refractivity contribution is 0.123. The summed E-state index contributed by atoms with van der Waals surface area (Å²) in [5, 5.41) is 9.94. The first-order chi connectivity index (χ1) is 12.8. The van der Waals surface area contributed by atoms with E-state index in [0.717, 1.165) is 54.0 Å². The van der Waals surface area contributed by atoms with Gasteiger partial charge in [-0.05, 0) is 49.4 Å². The number of aromatic nitrogens is 3. The molecule has 132 valence electrons. The third kappa shape index (κ3) is 2.54. The van der Waals surface area contributed by atoms with E-state index in [9.17, 15) is 5.11 Å². The van der Waals surface area contributed by atoms with Gasteiger partial charge in [0.2, 0.25) is 0 Å². The number of anilines is 2. The molecule has 0 bridgehead atoms. The molecule has 2 aliphatic carbocycles. The van der Waals surface area contributed by atoms with Crippen molar-refractivity contribution >= 4 is 17.2 Å². The van der Waals surface area contributed by atoms with Gasteiger partial charge in [-0.2, -0.15) is 0 Å². The number of rotatable bonds is 3. The van der Waals surface area contributed by atoms with Gasteiger partial charge in [-0.3, -0.25) is 0 Å². The molecule has 0 spiro atoms. The molecule has 3 heterocycles. The molecule has 1 aliphatic heterocycles. The Morgan fingerprint density at radius 1 is 1.04 bits per heavy atom. The summed E-state index contributed by atoms with van der Waals surface area (Å²) in [4.78, 5) is 11.5. The lowest BCUT2D eigenvalue weighted by Gasteiger charge is -2.36. The van der Waals surface area contributed by atoms with Gasteiger partial charge in [-0.15, -0.1) is 0 Å². The lowest BCUT2D eigenvalue weighted by atomic mass is 9.91. The third-order valence-corrected chi connectivity index (χ3v) is 5.29. The van der Waals surface area contributed by atoms with Crippen molar-refractivity contribution in [3.05, 3.63) is 55.5 Å². The molecule has 26 heavy (non-hydrogen) atoms. The van der Waals surface area contributed by atoms with Gasteiger partial charge in [0.25, 0.3) is 0 Å². The Hall–Kier alpha value is -2.86. The minimum atomic E-state index is -0.194. The van der Waals surface area contributed by atoms with E-state index in [4.69, 9.17) is 4.42 Å². The van der Waals surface area contributed by atoms with Gasteiger partial charge in [0.1, 0.15) is 0 Å². The molecule has 0 amide bonds. The molecule has 0 saturated heterocycles. The van der Waals surface area contributed by atoms with Gasteiger partial charge in [0.15, 0.2) is 11.5 Å². The molecule has 0 aromatic carbocycles. The maximum Gasteiger partial charge on any atom is 0.180 e. The molecule has 1 fully saturated rings. The van der Waals surface area contributed by atoms with Gasteiger partial charge in [0, 0.05) is 42.1 Å². The van der Waals surface area contributed by atoms with Crippen molar-refractivity contribution in [3.63, 3.8) is 0 Å². The maximum absolute atomic E-state index is 9.94. The summed E-state index contributed by atoms with van der Waals surface area (Å²) in [7, 11) is 0. The summed E-state index contributed by atoms with van der Waals surface area (Å²) < 4.78 is 7.31. The minimum absolute atomic E-state index is 0.194. The highest BCUT2D eigenvalue weighted by molar-refractivity contribution is 5.81. The van der Waals surface area contributed by atoms with Crippen molar-refractivity contribution in [2.45, 2.75) is 37.8 Å². The van der Waals surface area contributed by atoms with Crippen LogP contribution in [-0.2, 0) is 0 Å². The fraction of sp³-hybridized carbons (Fsp3) is 0.300. The van der Waals surface area contributed by atoms with Gasteiger partial charge < -0.3 is 18.8 Å².